The molecule has 1 saturated heterocycles. The predicted molar refractivity (Wildman–Crippen MR) is 147 cm³/mol. The number of piperazine rings is 1. The number of likely N-dealkylation sites (N-methyl/N-ethyl adjacent to an activating group) is 1. The van der Waals surface area contributed by atoms with E-state index in [0.717, 1.165) is 68.8 Å². The molecule has 186 valence electrons. The minimum atomic E-state index is 0.0411. The van der Waals surface area contributed by atoms with Crippen molar-refractivity contribution < 1.29 is 4.79 Å². The molecule has 1 aliphatic rings. The molecule has 0 bridgehead atoms. The van der Waals surface area contributed by atoms with Crippen molar-refractivity contribution in [2.24, 2.45) is 0 Å². The Morgan fingerprint density at radius 3 is 2.56 bits per heavy atom. The van der Waals surface area contributed by atoms with E-state index in [-0.39, 0.29) is 11.9 Å². The molecule has 34 heavy (non-hydrogen) atoms. The van der Waals surface area contributed by atoms with Gasteiger partial charge in [-0.2, -0.15) is 0 Å². The van der Waals surface area contributed by atoms with E-state index in [1.807, 2.05) is 13.0 Å². The first-order valence-electron chi connectivity index (χ1n) is 12.8. The van der Waals surface area contributed by atoms with Gasteiger partial charge >= 0.3 is 0 Å². The molecule has 3 rings (SSSR count). The zero-order valence-electron chi connectivity index (χ0n) is 21.6. The van der Waals surface area contributed by atoms with Crippen molar-refractivity contribution in [3.8, 4) is 0 Å². The van der Waals surface area contributed by atoms with Crippen LogP contribution in [0.1, 0.15) is 59.4 Å². The number of fused-ring (bicyclic) bond motifs is 1. The number of carbonyl (C=O) groups excluding carboxylic acids is 1. The summed E-state index contributed by atoms with van der Waals surface area (Å²) in [6.45, 7) is 16.0. The third-order valence-electron chi connectivity index (χ3n) is 6.61. The molecule has 0 radical (unpaired) electrons. The number of rotatable bonds is 11. The first kappa shape index (κ1) is 26.4. The van der Waals surface area contributed by atoms with Gasteiger partial charge in [0.05, 0.1) is 9.93 Å². The number of benzene rings is 1. The Hall–Kier alpha value is -2.18. The first-order valence-corrected chi connectivity index (χ1v) is 13.6. The number of nitrogens with one attached hydrogen (secondary N) is 2. The molecule has 0 spiro atoms. The molecule has 2 heterocycles. The fourth-order valence-electron chi connectivity index (χ4n) is 4.59. The topological polar surface area (TPSA) is 51.4 Å². The molecular formula is C28H42N4OS. The van der Waals surface area contributed by atoms with Crippen molar-refractivity contribution >= 4 is 28.6 Å². The van der Waals surface area contributed by atoms with Gasteiger partial charge < -0.3 is 20.1 Å². The van der Waals surface area contributed by atoms with Crippen molar-refractivity contribution in [3.05, 3.63) is 57.6 Å². The average Bonchev–Trinajstić information content (AvgIpc) is 3.25. The van der Waals surface area contributed by atoms with Gasteiger partial charge in [-0.05, 0) is 57.4 Å². The van der Waals surface area contributed by atoms with Crippen LogP contribution in [-0.4, -0.2) is 59.5 Å². The number of unbranched alkanes of at least 4 members (excludes halogenated alkanes) is 1. The summed E-state index contributed by atoms with van der Waals surface area (Å²) in [7, 11) is 0. The lowest BCUT2D eigenvalue weighted by molar-refractivity contribution is -0.117. The summed E-state index contributed by atoms with van der Waals surface area (Å²) in [5, 5.41) is 5.85. The van der Waals surface area contributed by atoms with Gasteiger partial charge in [-0.1, -0.05) is 62.7 Å². The summed E-state index contributed by atoms with van der Waals surface area (Å²) < 4.78 is 0. The number of thioether (sulfide) groups is 1. The molecule has 2 aromatic rings. The van der Waals surface area contributed by atoms with Gasteiger partial charge in [0.15, 0.2) is 0 Å². The van der Waals surface area contributed by atoms with Gasteiger partial charge in [-0.15, -0.1) is 0 Å². The van der Waals surface area contributed by atoms with E-state index in [9.17, 15) is 4.79 Å². The Bertz CT molecular complexity index is 997. The fourth-order valence-corrected chi connectivity index (χ4v) is 5.58. The summed E-state index contributed by atoms with van der Waals surface area (Å²) in [5.74, 6) is 0.0411. The van der Waals surface area contributed by atoms with Crippen LogP contribution in [0.5, 0.6) is 0 Å². The Morgan fingerprint density at radius 2 is 1.91 bits per heavy atom. The molecule has 0 saturated carbocycles. The highest BCUT2D eigenvalue weighted by molar-refractivity contribution is 8.07. The van der Waals surface area contributed by atoms with E-state index in [0.29, 0.717) is 0 Å². The highest BCUT2D eigenvalue weighted by Crippen LogP contribution is 2.32. The Morgan fingerprint density at radius 1 is 1.18 bits per heavy atom. The minimum Gasteiger partial charge on any atom is -0.364 e. The Labute approximate surface area is 210 Å². The van der Waals surface area contributed by atoms with E-state index in [1.165, 1.54) is 21.6 Å². The predicted octanol–water partition coefficient (Wildman–Crippen LogP) is 5.91. The van der Waals surface area contributed by atoms with E-state index >= 15 is 0 Å². The van der Waals surface area contributed by atoms with Gasteiger partial charge in [0.1, 0.15) is 0 Å². The van der Waals surface area contributed by atoms with E-state index in [2.05, 4.69) is 78.3 Å². The van der Waals surface area contributed by atoms with E-state index in [4.69, 9.17) is 0 Å². The second kappa shape index (κ2) is 13.1. The van der Waals surface area contributed by atoms with Crippen LogP contribution in [0.15, 0.2) is 52.0 Å². The molecule has 0 unspecified atom stereocenters. The van der Waals surface area contributed by atoms with Crippen LogP contribution < -0.4 is 5.32 Å². The number of allylic oxidation sites excluding steroid dienone is 2. The van der Waals surface area contributed by atoms with Crippen LogP contribution >= 0.6 is 11.8 Å². The molecular weight excluding hydrogens is 440 g/mol. The van der Waals surface area contributed by atoms with Gasteiger partial charge in [0, 0.05) is 49.3 Å². The number of hydrogen-bond acceptors (Lipinski definition) is 4. The molecule has 1 aromatic carbocycles. The maximum absolute atomic E-state index is 13.4. The van der Waals surface area contributed by atoms with Crippen LogP contribution in [0.4, 0.5) is 0 Å². The van der Waals surface area contributed by atoms with Crippen LogP contribution in [0.2, 0.25) is 0 Å². The summed E-state index contributed by atoms with van der Waals surface area (Å²) in [5.41, 5.74) is 3.69. The fraction of sp³-hybridized carbons (Fsp3) is 0.536. The second-order valence-electron chi connectivity index (χ2n) is 9.36. The number of para-hydroxylation sites is 1. The Balaban J connectivity index is 1.69. The lowest BCUT2D eigenvalue weighted by Crippen LogP contribution is -2.45. The molecule has 2 N–H and O–H groups in total. The van der Waals surface area contributed by atoms with Crippen LogP contribution in [-0.2, 0) is 11.2 Å². The van der Waals surface area contributed by atoms with Crippen molar-refractivity contribution in [3.63, 3.8) is 0 Å². The van der Waals surface area contributed by atoms with Gasteiger partial charge in [-0.3, -0.25) is 4.79 Å². The van der Waals surface area contributed by atoms with Crippen molar-refractivity contribution in [2.45, 2.75) is 66.3 Å². The summed E-state index contributed by atoms with van der Waals surface area (Å²) in [6.07, 6.45) is 8.11. The number of aromatic amines is 1. The standard InChI is InChI=1S/C28H42N4OS/c1-6-9-12-23(19-22-20-29-25-14-11-10-13-24(22)25)30-27(33)26(7-2)34-28(21(4)5)32-17-15-31(8-3)16-18-32/h7,10-11,13-14,20,23,29H,6,8-9,12,15-19H2,1-5H3,(H,30,33)/b26-7-/t23-/m0/s1. The molecule has 1 fully saturated rings. The third kappa shape index (κ3) is 6.92. The lowest BCUT2D eigenvalue weighted by atomic mass is 10.0. The monoisotopic (exact) mass is 482 g/mol. The second-order valence-corrected chi connectivity index (χ2v) is 10.4. The van der Waals surface area contributed by atoms with Crippen molar-refractivity contribution in [1.82, 2.24) is 20.1 Å². The Kier molecular flexibility index (Phi) is 10.1. The van der Waals surface area contributed by atoms with Crippen LogP contribution in [0, 0.1) is 0 Å². The molecule has 1 aromatic heterocycles. The number of carbonyl (C=O) groups is 1. The van der Waals surface area contributed by atoms with E-state index < -0.39 is 0 Å². The molecule has 5 nitrogen and oxygen atoms in total. The normalized spacial score (nSPS) is 16.0. The number of H-pyrrole nitrogens is 1. The molecule has 0 aliphatic carbocycles. The van der Waals surface area contributed by atoms with Crippen molar-refractivity contribution in [2.75, 3.05) is 32.7 Å². The number of nitrogens with zero attached hydrogens (tertiary/aromatic N) is 2. The maximum Gasteiger partial charge on any atom is 0.257 e. The van der Waals surface area contributed by atoms with Gasteiger partial charge in [-0.25, -0.2) is 0 Å². The number of amides is 1. The summed E-state index contributed by atoms with van der Waals surface area (Å²) in [6, 6.07) is 8.51. The number of hydrogen-bond donors (Lipinski definition) is 2. The summed E-state index contributed by atoms with van der Waals surface area (Å²) in [4.78, 5) is 22.5. The van der Waals surface area contributed by atoms with Crippen molar-refractivity contribution in [1.29, 1.82) is 0 Å². The quantitative estimate of drug-likeness (QED) is 0.391. The first-order chi connectivity index (χ1) is 16.5. The van der Waals surface area contributed by atoms with Gasteiger partial charge in [0.2, 0.25) is 0 Å². The third-order valence-corrected chi connectivity index (χ3v) is 8.11. The lowest BCUT2D eigenvalue weighted by Gasteiger charge is -2.37. The molecule has 6 heteroatoms. The summed E-state index contributed by atoms with van der Waals surface area (Å²) >= 11 is 1.63. The van der Waals surface area contributed by atoms with Crippen LogP contribution in [0.25, 0.3) is 10.9 Å². The van der Waals surface area contributed by atoms with Gasteiger partial charge in [0.25, 0.3) is 5.91 Å². The molecule has 1 aliphatic heterocycles. The SMILES string of the molecule is C/C=C(\SC(=C(C)C)N1CCN(CC)CC1)C(=O)N[C@@H](CCCC)Cc1c[nH]c2ccccc12. The van der Waals surface area contributed by atoms with E-state index in [1.54, 1.807) is 11.8 Å². The maximum atomic E-state index is 13.4. The zero-order valence-corrected chi connectivity index (χ0v) is 22.4. The highest BCUT2D eigenvalue weighted by atomic mass is 32.2. The largest absolute Gasteiger partial charge is 0.364 e. The molecule has 1 atom stereocenters. The molecule has 1 amide bonds. The average molecular weight is 483 g/mol. The minimum absolute atomic E-state index is 0.0411. The zero-order chi connectivity index (χ0) is 24.5. The number of aromatic nitrogens is 1. The smallest absolute Gasteiger partial charge is 0.257 e. The van der Waals surface area contributed by atoms with Crippen LogP contribution in [0.3, 0.4) is 0 Å². The highest BCUT2D eigenvalue weighted by Gasteiger charge is 2.23.